The highest BCUT2D eigenvalue weighted by atomic mass is 16.5. The molecule has 2 aromatic rings. The third-order valence-corrected chi connectivity index (χ3v) is 2.66. The van der Waals surface area contributed by atoms with Crippen LogP contribution in [0, 0.1) is 0 Å². The minimum Gasteiger partial charge on any atom is -0.496 e. The van der Waals surface area contributed by atoms with Crippen LogP contribution in [0.1, 0.15) is 15.9 Å². The molecule has 0 amide bonds. The van der Waals surface area contributed by atoms with E-state index < -0.39 is 5.97 Å². The summed E-state index contributed by atoms with van der Waals surface area (Å²) < 4.78 is 10.5. The first-order chi connectivity index (χ1) is 9.26. The molecular weight excluding hydrogens is 240 g/mol. The molecule has 0 saturated carbocycles. The van der Waals surface area contributed by atoms with Crippen LogP contribution in [-0.4, -0.2) is 13.1 Å². The summed E-state index contributed by atoms with van der Waals surface area (Å²) in [6, 6.07) is 14.2. The van der Waals surface area contributed by atoms with E-state index >= 15 is 0 Å². The van der Waals surface area contributed by atoms with E-state index in [9.17, 15) is 4.79 Å². The van der Waals surface area contributed by atoms with Gasteiger partial charge in [0.2, 0.25) is 0 Å². The lowest BCUT2D eigenvalue weighted by atomic mass is 10.1. The highest BCUT2D eigenvalue weighted by Crippen LogP contribution is 2.25. The molecule has 0 N–H and O–H groups in total. The zero-order valence-electron chi connectivity index (χ0n) is 10.6. The molecule has 3 nitrogen and oxygen atoms in total. The Morgan fingerprint density at radius 2 is 1.84 bits per heavy atom. The molecule has 2 rings (SSSR count). The summed E-state index contributed by atoms with van der Waals surface area (Å²) in [5.41, 5.74) is 1.06. The molecule has 0 aliphatic heterocycles. The summed E-state index contributed by atoms with van der Waals surface area (Å²) in [5, 5.41) is 0. The predicted molar refractivity (Wildman–Crippen MR) is 74.5 cm³/mol. The van der Waals surface area contributed by atoms with Crippen LogP contribution in [0.2, 0.25) is 0 Å². The third kappa shape index (κ3) is 2.83. The van der Waals surface area contributed by atoms with Gasteiger partial charge in [-0.05, 0) is 23.8 Å². The van der Waals surface area contributed by atoms with Gasteiger partial charge in [0.15, 0.2) is 0 Å². The van der Waals surface area contributed by atoms with Crippen molar-refractivity contribution in [2.75, 3.05) is 7.11 Å². The maximum Gasteiger partial charge on any atom is 0.347 e. The van der Waals surface area contributed by atoms with Gasteiger partial charge in [0.25, 0.3) is 0 Å². The summed E-state index contributed by atoms with van der Waals surface area (Å²) in [5.74, 6) is 0.505. The molecule has 0 unspecified atom stereocenters. The van der Waals surface area contributed by atoms with E-state index in [2.05, 4.69) is 6.58 Å². The van der Waals surface area contributed by atoms with Gasteiger partial charge in [-0.25, -0.2) is 4.79 Å². The molecule has 2 aromatic carbocycles. The van der Waals surface area contributed by atoms with Gasteiger partial charge in [0, 0.05) is 0 Å². The Kier molecular flexibility index (Phi) is 3.98. The Morgan fingerprint density at radius 1 is 1.11 bits per heavy atom. The summed E-state index contributed by atoms with van der Waals surface area (Å²) in [6.07, 6.45) is 1.60. The number of carbonyl (C=O) groups excluding carboxylic acids is 1. The summed E-state index contributed by atoms with van der Waals surface area (Å²) in [4.78, 5) is 12.2. The molecule has 0 radical (unpaired) electrons. The maximum atomic E-state index is 12.2. The number of hydrogen-bond acceptors (Lipinski definition) is 3. The molecule has 0 atom stereocenters. The molecule has 0 aliphatic rings. The van der Waals surface area contributed by atoms with Crippen LogP contribution in [0.4, 0.5) is 0 Å². The SMILES string of the molecule is C=Cc1cccc(OC)c1C(=O)Oc1ccccc1. The molecule has 0 aliphatic carbocycles. The molecule has 0 heterocycles. The van der Waals surface area contributed by atoms with E-state index in [1.807, 2.05) is 6.07 Å². The minimum absolute atomic E-state index is 0.379. The van der Waals surface area contributed by atoms with Gasteiger partial charge in [-0.15, -0.1) is 0 Å². The Labute approximate surface area is 112 Å². The van der Waals surface area contributed by atoms with Crippen LogP contribution in [0.25, 0.3) is 6.08 Å². The number of esters is 1. The van der Waals surface area contributed by atoms with Crippen molar-refractivity contribution in [2.24, 2.45) is 0 Å². The van der Waals surface area contributed by atoms with Gasteiger partial charge in [-0.3, -0.25) is 0 Å². The zero-order chi connectivity index (χ0) is 13.7. The average Bonchev–Trinajstić information content (AvgIpc) is 2.47. The first-order valence-corrected chi connectivity index (χ1v) is 5.83. The lowest BCUT2D eigenvalue weighted by molar-refractivity contribution is 0.0731. The van der Waals surface area contributed by atoms with Crippen molar-refractivity contribution in [3.63, 3.8) is 0 Å². The molecule has 0 spiro atoms. The van der Waals surface area contributed by atoms with Crippen LogP contribution < -0.4 is 9.47 Å². The van der Waals surface area contributed by atoms with Crippen LogP contribution in [0.5, 0.6) is 11.5 Å². The van der Waals surface area contributed by atoms with E-state index in [0.29, 0.717) is 22.6 Å². The summed E-state index contributed by atoms with van der Waals surface area (Å²) >= 11 is 0. The standard InChI is InChI=1S/C16H14O3/c1-3-12-8-7-11-14(18-2)15(12)16(17)19-13-9-5-4-6-10-13/h3-11H,1H2,2H3. The Bertz CT molecular complexity index is 588. The normalized spacial score (nSPS) is 9.74. The van der Waals surface area contributed by atoms with E-state index in [1.165, 1.54) is 7.11 Å². The molecular formula is C16H14O3. The molecule has 3 heteroatoms. The van der Waals surface area contributed by atoms with Gasteiger partial charge < -0.3 is 9.47 Å². The smallest absolute Gasteiger partial charge is 0.347 e. The fraction of sp³-hybridized carbons (Fsp3) is 0.0625. The molecule has 0 aromatic heterocycles. The van der Waals surface area contributed by atoms with Gasteiger partial charge in [0.05, 0.1) is 7.11 Å². The lowest BCUT2D eigenvalue weighted by Crippen LogP contribution is -2.11. The van der Waals surface area contributed by atoms with Crippen LogP contribution >= 0.6 is 0 Å². The number of methoxy groups -OCH3 is 1. The number of benzene rings is 2. The zero-order valence-corrected chi connectivity index (χ0v) is 10.6. The van der Waals surface area contributed by atoms with Gasteiger partial charge >= 0.3 is 5.97 Å². The number of rotatable bonds is 4. The minimum atomic E-state index is -0.460. The monoisotopic (exact) mass is 254 g/mol. The van der Waals surface area contributed by atoms with Crippen molar-refractivity contribution < 1.29 is 14.3 Å². The largest absolute Gasteiger partial charge is 0.496 e. The van der Waals surface area contributed by atoms with E-state index in [1.54, 1.807) is 48.5 Å². The third-order valence-electron chi connectivity index (χ3n) is 2.66. The number of carbonyl (C=O) groups is 1. The Balaban J connectivity index is 2.35. The second-order valence-electron chi connectivity index (χ2n) is 3.83. The first-order valence-electron chi connectivity index (χ1n) is 5.83. The Hall–Kier alpha value is -2.55. The fourth-order valence-electron chi connectivity index (χ4n) is 1.75. The van der Waals surface area contributed by atoms with Crippen molar-refractivity contribution in [3.05, 3.63) is 66.2 Å². The molecule has 96 valence electrons. The van der Waals surface area contributed by atoms with Crippen LogP contribution in [0.3, 0.4) is 0 Å². The Morgan fingerprint density at radius 3 is 2.47 bits per heavy atom. The average molecular weight is 254 g/mol. The maximum absolute atomic E-state index is 12.2. The molecule has 0 fully saturated rings. The highest BCUT2D eigenvalue weighted by Gasteiger charge is 2.17. The van der Waals surface area contributed by atoms with Crippen molar-refractivity contribution in [3.8, 4) is 11.5 Å². The molecule has 19 heavy (non-hydrogen) atoms. The highest BCUT2D eigenvalue weighted by molar-refractivity contribution is 5.97. The number of ether oxygens (including phenoxy) is 2. The lowest BCUT2D eigenvalue weighted by Gasteiger charge is -2.11. The number of hydrogen-bond donors (Lipinski definition) is 0. The van der Waals surface area contributed by atoms with Gasteiger partial charge in [-0.1, -0.05) is 43.0 Å². The van der Waals surface area contributed by atoms with Crippen LogP contribution in [-0.2, 0) is 0 Å². The number of para-hydroxylation sites is 1. The van der Waals surface area contributed by atoms with E-state index in [0.717, 1.165) is 0 Å². The van der Waals surface area contributed by atoms with E-state index in [-0.39, 0.29) is 0 Å². The molecule has 0 saturated heterocycles. The van der Waals surface area contributed by atoms with Crippen molar-refractivity contribution >= 4 is 12.0 Å². The second kappa shape index (κ2) is 5.87. The van der Waals surface area contributed by atoms with Crippen molar-refractivity contribution in [2.45, 2.75) is 0 Å². The first kappa shape index (κ1) is 12.9. The van der Waals surface area contributed by atoms with Crippen molar-refractivity contribution in [1.82, 2.24) is 0 Å². The van der Waals surface area contributed by atoms with Crippen LogP contribution in [0.15, 0.2) is 55.1 Å². The summed E-state index contributed by atoms with van der Waals surface area (Å²) in [6.45, 7) is 3.69. The fourth-order valence-corrected chi connectivity index (χ4v) is 1.75. The van der Waals surface area contributed by atoms with Gasteiger partial charge in [0.1, 0.15) is 17.1 Å². The summed E-state index contributed by atoms with van der Waals surface area (Å²) in [7, 11) is 1.52. The topological polar surface area (TPSA) is 35.5 Å². The van der Waals surface area contributed by atoms with Crippen molar-refractivity contribution in [1.29, 1.82) is 0 Å². The van der Waals surface area contributed by atoms with E-state index in [4.69, 9.17) is 9.47 Å². The quantitative estimate of drug-likeness (QED) is 0.618. The predicted octanol–water partition coefficient (Wildman–Crippen LogP) is 3.56. The molecule has 0 bridgehead atoms. The van der Waals surface area contributed by atoms with Gasteiger partial charge in [-0.2, -0.15) is 0 Å². The second-order valence-corrected chi connectivity index (χ2v) is 3.83.